The highest BCUT2D eigenvalue weighted by atomic mass is 32.2. The van der Waals surface area contributed by atoms with E-state index in [-0.39, 0.29) is 0 Å². The third-order valence-electron chi connectivity index (χ3n) is 0.968. The van der Waals surface area contributed by atoms with Crippen molar-refractivity contribution in [1.29, 1.82) is 0 Å². The Balaban J connectivity index is 0.000000461. The van der Waals surface area contributed by atoms with E-state index >= 15 is 0 Å². The van der Waals surface area contributed by atoms with Gasteiger partial charge in [-0.1, -0.05) is 0 Å². The quantitative estimate of drug-likeness (QED) is 0.618. The highest BCUT2D eigenvalue weighted by Crippen LogP contribution is 2.12. The van der Waals surface area contributed by atoms with Crippen LogP contribution in [0.4, 0.5) is 5.69 Å². The van der Waals surface area contributed by atoms with E-state index in [9.17, 15) is 0 Å². The SMILES string of the molecule is CN.CSc1cc(N)ccn1. The second kappa shape index (κ2) is 6.00. The van der Waals surface area contributed by atoms with E-state index in [2.05, 4.69) is 10.7 Å². The van der Waals surface area contributed by atoms with Crippen LogP contribution in [0.25, 0.3) is 0 Å². The van der Waals surface area contributed by atoms with Gasteiger partial charge in [0.2, 0.25) is 0 Å². The Labute approximate surface area is 71.2 Å². The van der Waals surface area contributed by atoms with Crippen molar-refractivity contribution in [3.05, 3.63) is 18.3 Å². The fourth-order valence-corrected chi connectivity index (χ4v) is 0.957. The van der Waals surface area contributed by atoms with Crippen molar-refractivity contribution in [2.75, 3.05) is 19.0 Å². The highest BCUT2D eigenvalue weighted by molar-refractivity contribution is 7.98. The molecular formula is C7H13N3S. The third kappa shape index (κ3) is 3.85. The summed E-state index contributed by atoms with van der Waals surface area (Å²) in [6.45, 7) is 0. The molecule has 0 saturated heterocycles. The largest absolute Gasteiger partial charge is 0.399 e. The molecule has 1 aromatic rings. The molecule has 62 valence electrons. The Morgan fingerprint density at radius 2 is 2.09 bits per heavy atom. The van der Waals surface area contributed by atoms with Crippen molar-refractivity contribution < 1.29 is 0 Å². The van der Waals surface area contributed by atoms with E-state index in [4.69, 9.17) is 5.73 Å². The summed E-state index contributed by atoms with van der Waals surface area (Å²) in [5.41, 5.74) is 10.8. The monoisotopic (exact) mass is 171 g/mol. The van der Waals surface area contributed by atoms with Crippen LogP contribution in [-0.2, 0) is 0 Å². The van der Waals surface area contributed by atoms with Gasteiger partial charge in [0, 0.05) is 11.9 Å². The van der Waals surface area contributed by atoms with Crippen LogP contribution in [0, 0.1) is 0 Å². The zero-order chi connectivity index (χ0) is 8.69. The number of hydrogen-bond donors (Lipinski definition) is 2. The number of nitrogens with two attached hydrogens (primary N) is 2. The lowest BCUT2D eigenvalue weighted by atomic mass is 10.4. The Hall–Kier alpha value is -0.740. The zero-order valence-corrected chi connectivity index (χ0v) is 7.56. The van der Waals surface area contributed by atoms with Gasteiger partial charge in [-0.05, 0) is 25.4 Å². The number of thioether (sulfide) groups is 1. The van der Waals surface area contributed by atoms with Crippen molar-refractivity contribution >= 4 is 17.4 Å². The normalized spacial score (nSPS) is 8.27. The summed E-state index contributed by atoms with van der Waals surface area (Å²) in [4.78, 5) is 4.04. The van der Waals surface area contributed by atoms with Crippen LogP contribution < -0.4 is 11.5 Å². The maximum Gasteiger partial charge on any atom is 0.0977 e. The van der Waals surface area contributed by atoms with E-state index in [1.54, 1.807) is 24.0 Å². The van der Waals surface area contributed by atoms with Crippen molar-refractivity contribution in [1.82, 2.24) is 4.98 Å². The summed E-state index contributed by atoms with van der Waals surface area (Å²) < 4.78 is 0. The van der Waals surface area contributed by atoms with Crippen LogP contribution in [0.3, 0.4) is 0 Å². The first-order valence-corrected chi connectivity index (χ1v) is 4.38. The summed E-state index contributed by atoms with van der Waals surface area (Å²) >= 11 is 1.59. The van der Waals surface area contributed by atoms with Crippen LogP contribution in [0.2, 0.25) is 0 Å². The van der Waals surface area contributed by atoms with Crippen molar-refractivity contribution in [2.45, 2.75) is 5.03 Å². The molecule has 11 heavy (non-hydrogen) atoms. The molecule has 0 aliphatic rings. The second-order valence-corrected chi connectivity index (χ2v) is 2.46. The molecule has 0 radical (unpaired) electrons. The van der Waals surface area contributed by atoms with Gasteiger partial charge in [0.25, 0.3) is 0 Å². The summed E-state index contributed by atoms with van der Waals surface area (Å²) in [5, 5.41) is 0.968. The van der Waals surface area contributed by atoms with Gasteiger partial charge in [0.15, 0.2) is 0 Å². The van der Waals surface area contributed by atoms with Crippen molar-refractivity contribution in [3.63, 3.8) is 0 Å². The molecule has 4 N–H and O–H groups in total. The lowest BCUT2D eigenvalue weighted by molar-refractivity contribution is 1.14. The Bertz CT molecular complexity index is 203. The highest BCUT2D eigenvalue weighted by Gasteiger charge is 1.88. The van der Waals surface area contributed by atoms with E-state index < -0.39 is 0 Å². The molecule has 0 aliphatic carbocycles. The molecule has 0 aromatic carbocycles. The molecule has 4 heteroatoms. The third-order valence-corrected chi connectivity index (χ3v) is 1.61. The molecule has 0 fully saturated rings. The standard InChI is InChI=1S/C6H8N2S.CH5N/c1-9-6-4-5(7)2-3-8-6;1-2/h2-4H,1H3,(H2,7,8);2H2,1H3. The number of rotatable bonds is 1. The first kappa shape index (κ1) is 10.3. The summed E-state index contributed by atoms with van der Waals surface area (Å²) in [5.74, 6) is 0. The van der Waals surface area contributed by atoms with Crippen molar-refractivity contribution in [3.8, 4) is 0 Å². The fourth-order valence-electron chi connectivity index (χ4n) is 0.536. The molecule has 0 amide bonds. The molecule has 0 bridgehead atoms. The maximum atomic E-state index is 5.48. The molecule has 1 heterocycles. The van der Waals surface area contributed by atoms with Crippen LogP contribution in [-0.4, -0.2) is 18.3 Å². The zero-order valence-electron chi connectivity index (χ0n) is 6.74. The smallest absolute Gasteiger partial charge is 0.0977 e. The van der Waals surface area contributed by atoms with Crippen LogP contribution in [0.1, 0.15) is 0 Å². The lowest BCUT2D eigenvalue weighted by Gasteiger charge is -1.93. The average molecular weight is 171 g/mol. The molecule has 1 rings (SSSR count). The van der Waals surface area contributed by atoms with E-state index in [0.29, 0.717) is 0 Å². The number of anilines is 1. The van der Waals surface area contributed by atoms with Crippen LogP contribution >= 0.6 is 11.8 Å². The van der Waals surface area contributed by atoms with Crippen molar-refractivity contribution in [2.24, 2.45) is 5.73 Å². The first-order chi connectivity index (χ1) is 5.33. The lowest BCUT2D eigenvalue weighted by Crippen LogP contribution is -1.85. The molecule has 0 saturated carbocycles. The van der Waals surface area contributed by atoms with Gasteiger partial charge in [-0.25, -0.2) is 4.98 Å². The number of pyridine rings is 1. The molecule has 0 aliphatic heterocycles. The minimum atomic E-state index is 0.773. The second-order valence-electron chi connectivity index (χ2n) is 1.63. The Morgan fingerprint density at radius 3 is 2.45 bits per heavy atom. The molecule has 3 nitrogen and oxygen atoms in total. The summed E-state index contributed by atoms with van der Waals surface area (Å²) in [7, 11) is 1.50. The van der Waals surface area contributed by atoms with E-state index in [0.717, 1.165) is 10.7 Å². The predicted octanol–water partition coefficient (Wildman–Crippen LogP) is 0.961. The van der Waals surface area contributed by atoms with Gasteiger partial charge in [-0.15, -0.1) is 11.8 Å². The number of nitrogens with zero attached hydrogens (tertiary/aromatic N) is 1. The number of aromatic nitrogens is 1. The number of hydrogen-bond acceptors (Lipinski definition) is 4. The average Bonchev–Trinajstić information content (AvgIpc) is 2.08. The maximum absolute atomic E-state index is 5.48. The first-order valence-electron chi connectivity index (χ1n) is 3.16. The van der Waals surface area contributed by atoms with Gasteiger partial charge in [0.05, 0.1) is 5.03 Å². The summed E-state index contributed by atoms with van der Waals surface area (Å²) in [6, 6.07) is 3.63. The minimum Gasteiger partial charge on any atom is -0.399 e. The van der Waals surface area contributed by atoms with Gasteiger partial charge in [-0.3, -0.25) is 0 Å². The van der Waals surface area contributed by atoms with Gasteiger partial charge in [-0.2, -0.15) is 0 Å². The predicted molar refractivity (Wildman–Crippen MR) is 50.5 cm³/mol. The fraction of sp³-hybridized carbons (Fsp3) is 0.286. The van der Waals surface area contributed by atoms with E-state index in [1.165, 1.54) is 7.05 Å². The molecule has 0 spiro atoms. The Kier molecular flexibility index (Phi) is 5.60. The topological polar surface area (TPSA) is 64.9 Å². The summed E-state index contributed by atoms with van der Waals surface area (Å²) in [6.07, 6.45) is 3.68. The molecular weight excluding hydrogens is 158 g/mol. The minimum absolute atomic E-state index is 0.773. The molecule has 0 unspecified atom stereocenters. The van der Waals surface area contributed by atoms with E-state index in [1.807, 2.05) is 12.3 Å². The molecule has 0 atom stereocenters. The number of nitrogen functional groups attached to an aromatic ring is 1. The molecule has 1 aromatic heterocycles. The van der Waals surface area contributed by atoms with Gasteiger partial charge >= 0.3 is 0 Å². The van der Waals surface area contributed by atoms with Crippen LogP contribution in [0.5, 0.6) is 0 Å². The van der Waals surface area contributed by atoms with Crippen LogP contribution in [0.15, 0.2) is 23.4 Å². The van der Waals surface area contributed by atoms with Gasteiger partial charge in [0.1, 0.15) is 0 Å². The Morgan fingerprint density at radius 1 is 1.45 bits per heavy atom. The van der Waals surface area contributed by atoms with Gasteiger partial charge < -0.3 is 11.5 Å².